The van der Waals surface area contributed by atoms with Crippen LogP contribution in [0.15, 0.2) is 60.8 Å². The van der Waals surface area contributed by atoms with Crippen molar-refractivity contribution < 1.29 is 38.0 Å². The average molecular weight is 796 g/mol. The predicted molar refractivity (Wildman–Crippen MR) is 232 cm³/mol. The molecule has 0 aromatic rings. The van der Waals surface area contributed by atoms with Gasteiger partial charge in [0.15, 0.2) is 0 Å². The number of aliphatic hydroxyl groups is 2. The van der Waals surface area contributed by atoms with Crippen LogP contribution >= 0.6 is 7.82 Å². The van der Waals surface area contributed by atoms with E-state index in [-0.39, 0.29) is 25.5 Å². The van der Waals surface area contributed by atoms with Gasteiger partial charge in [-0.1, -0.05) is 164 Å². The van der Waals surface area contributed by atoms with Crippen molar-refractivity contribution >= 4 is 13.7 Å². The first-order valence-corrected chi connectivity index (χ1v) is 23.3. The Hall–Kier alpha value is -1.84. The molecule has 4 N–H and O–H groups in total. The van der Waals surface area contributed by atoms with Crippen molar-refractivity contribution in [2.75, 3.05) is 40.9 Å². The van der Waals surface area contributed by atoms with Crippen molar-refractivity contribution in [2.24, 2.45) is 0 Å². The topological polar surface area (TPSA) is 125 Å². The largest absolute Gasteiger partial charge is 0.472 e. The molecule has 0 heterocycles. The summed E-state index contributed by atoms with van der Waals surface area (Å²) >= 11 is 0. The number of nitrogens with one attached hydrogen (secondary N) is 1. The van der Waals surface area contributed by atoms with Crippen LogP contribution in [-0.4, -0.2) is 84.6 Å². The van der Waals surface area contributed by atoms with Crippen molar-refractivity contribution in [2.45, 2.75) is 180 Å². The molecule has 1 amide bonds. The van der Waals surface area contributed by atoms with Crippen LogP contribution in [0.25, 0.3) is 0 Å². The highest BCUT2D eigenvalue weighted by Crippen LogP contribution is 2.43. The molecule has 0 aliphatic rings. The van der Waals surface area contributed by atoms with Crippen LogP contribution in [0.4, 0.5) is 0 Å². The van der Waals surface area contributed by atoms with E-state index in [0.717, 1.165) is 38.5 Å². The fourth-order valence-corrected chi connectivity index (χ4v) is 6.50. The monoisotopic (exact) mass is 796 g/mol. The second-order valence-corrected chi connectivity index (χ2v) is 17.4. The average Bonchev–Trinajstić information content (AvgIpc) is 3.13. The van der Waals surface area contributed by atoms with Crippen molar-refractivity contribution in [3.8, 4) is 0 Å². The number of phosphoric ester groups is 1. The summed E-state index contributed by atoms with van der Waals surface area (Å²) in [5.74, 6) is -0.260. The molecule has 0 aromatic carbocycles. The number of rotatable bonds is 38. The number of allylic oxidation sites excluding steroid dienone is 7. The summed E-state index contributed by atoms with van der Waals surface area (Å²) in [5.41, 5.74) is 0. The molecule has 320 valence electrons. The van der Waals surface area contributed by atoms with Crippen LogP contribution in [0.5, 0.6) is 0 Å². The Morgan fingerprint density at radius 3 is 1.85 bits per heavy atom. The first-order valence-electron chi connectivity index (χ1n) is 21.8. The molecule has 0 aromatic heterocycles. The van der Waals surface area contributed by atoms with Gasteiger partial charge in [-0.3, -0.25) is 13.8 Å². The molecule has 0 bridgehead atoms. The Labute approximate surface area is 337 Å². The van der Waals surface area contributed by atoms with Gasteiger partial charge in [-0.2, -0.15) is 0 Å². The standard InChI is InChI=1S/C45H83N2O7P/c1-6-8-10-12-14-15-16-17-18-19-20-21-25-29-33-37-44(49)43(41-54-55(51,52)53-40-39-47(3,4)5)46-45(50)38-34-30-26-23-22-24-28-32-36-42(48)35-31-27-13-11-9-7-2/h23-24,26-28,31-33,36-37,42-44,48-49H,6-22,25,29-30,34-35,38-41H2,1-5H3,(H-,46,50,51,52)/p+1/b26-23-,28-24-,31-27-,36-32+,37-33+/t42-,43-,44+/m0/s1. The summed E-state index contributed by atoms with van der Waals surface area (Å²) in [6.45, 7) is 4.64. The minimum atomic E-state index is -4.37. The van der Waals surface area contributed by atoms with Crippen LogP contribution in [0.1, 0.15) is 162 Å². The van der Waals surface area contributed by atoms with Gasteiger partial charge in [0.25, 0.3) is 0 Å². The third-order valence-electron chi connectivity index (χ3n) is 9.31. The fourth-order valence-electron chi connectivity index (χ4n) is 5.76. The molecule has 0 saturated carbocycles. The van der Waals surface area contributed by atoms with E-state index in [1.807, 2.05) is 63.7 Å². The Bertz CT molecular complexity index is 1100. The molecule has 9 nitrogen and oxygen atoms in total. The molecule has 10 heteroatoms. The Morgan fingerprint density at radius 2 is 1.22 bits per heavy atom. The lowest BCUT2D eigenvalue weighted by Gasteiger charge is -2.25. The van der Waals surface area contributed by atoms with E-state index in [2.05, 4.69) is 25.2 Å². The van der Waals surface area contributed by atoms with E-state index in [0.29, 0.717) is 23.9 Å². The first-order chi connectivity index (χ1) is 26.4. The molecule has 0 aliphatic heterocycles. The molecule has 55 heavy (non-hydrogen) atoms. The van der Waals surface area contributed by atoms with Gasteiger partial charge >= 0.3 is 7.82 Å². The number of quaternary nitrogens is 1. The highest BCUT2D eigenvalue weighted by atomic mass is 31.2. The Morgan fingerprint density at radius 1 is 0.673 bits per heavy atom. The number of amides is 1. The zero-order chi connectivity index (χ0) is 40.9. The van der Waals surface area contributed by atoms with Gasteiger partial charge in [0.1, 0.15) is 13.2 Å². The first kappa shape index (κ1) is 53.2. The van der Waals surface area contributed by atoms with Gasteiger partial charge < -0.3 is 24.9 Å². The second-order valence-electron chi connectivity index (χ2n) is 15.9. The molecule has 4 atom stereocenters. The number of likely N-dealkylation sites (N-methyl/N-ethyl adjacent to an activating group) is 1. The highest BCUT2D eigenvalue weighted by Gasteiger charge is 2.27. The molecule has 1 unspecified atom stereocenters. The number of carbonyl (C=O) groups excluding carboxylic acids is 1. The van der Waals surface area contributed by atoms with E-state index in [1.165, 1.54) is 89.9 Å². The van der Waals surface area contributed by atoms with Crippen LogP contribution in [0.2, 0.25) is 0 Å². The number of aliphatic hydroxyl groups excluding tert-OH is 2. The van der Waals surface area contributed by atoms with E-state index in [9.17, 15) is 24.5 Å². The minimum absolute atomic E-state index is 0.0378. The normalized spacial score (nSPS) is 15.6. The van der Waals surface area contributed by atoms with Gasteiger partial charge in [-0.15, -0.1) is 0 Å². The van der Waals surface area contributed by atoms with Crippen LogP contribution in [0.3, 0.4) is 0 Å². The zero-order valence-electron chi connectivity index (χ0n) is 35.8. The number of hydrogen-bond donors (Lipinski definition) is 4. The van der Waals surface area contributed by atoms with Crippen molar-refractivity contribution in [1.82, 2.24) is 5.32 Å². The Balaban J connectivity index is 4.64. The molecule has 0 fully saturated rings. The molecule has 0 spiro atoms. The molecular formula is C45H84N2O7P+. The predicted octanol–water partition coefficient (Wildman–Crippen LogP) is 10.8. The maximum absolute atomic E-state index is 12.8. The lowest BCUT2D eigenvalue weighted by Crippen LogP contribution is -2.45. The van der Waals surface area contributed by atoms with Crippen LogP contribution in [0, 0.1) is 0 Å². The van der Waals surface area contributed by atoms with Crippen LogP contribution in [-0.2, 0) is 18.4 Å². The zero-order valence-corrected chi connectivity index (χ0v) is 36.7. The molecule has 0 radical (unpaired) electrons. The quantitative estimate of drug-likeness (QED) is 0.0161. The van der Waals surface area contributed by atoms with Crippen LogP contribution < -0.4 is 5.32 Å². The molecular weight excluding hydrogens is 711 g/mol. The maximum Gasteiger partial charge on any atom is 0.472 e. The summed E-state index contributed by atoms with van der Waals surface area (Å²) < 4.78 is 23.5. The Kier molecular flexibility index (Phi) is 35.3. The molecule has 0 saturated heterocycles. The number of unbranched alkanes of at least 4 members (excludes halogenated alkanes) is 17. The third-order valence-corrected chi connectivity index (χ3v) is 10.3. The number of hydrogen-bond acceptors (Lipinski definition) is 6. The molecule has 0 aliphatic carbocycles. The van der Waals surface area contributed by atoms with Gasteiger partial charge in [0.05, 0.1) is 46.0 Å². The lowest BCUT2D eigenvalue weighted by atomic mass is 10.0. The smallest absolute Gasteiger partial charge is 0.389 e. The summed E-state index contributed by atoms with van der Waals surface area (Å²) in [4.78, 5) is 23.1. The van der Waals surface area contributed by atoms with Gasteiger partial charge in [0, 0.05) is 6.42 Å². The number of nitrogens with zero attached hydrogens (tertiary/aromatic N) is 1. The van der Waals surface area contributed by atoms with Gasteiger partial charge in [0.2, 0.25) is 5.91 Å². The second kappa shape index (κ2) is 36.5. The summed E-state index contributed by atoms with van der Waals surface area (Å²) in [6.07, 6.45) is 43.2. The summed E-state index contributed by atoms with van der Waals surface area (Å²) in [7, 11) is 1.49. The van der Waals surface area contributed by atoms with E-state index >= 15 is 0 Å². The highest BCUT2D eigenvalue weighted by molar-refractivity contribution is 7.47. The molecule has 0 rings (SSSR count). The van der Waals surface area contributed by atoms with Crippen molar-refractivity contribution in [3.63, 3.8) is 0 Å². The van der Waals surface area contributed by atoms with E-state index in [4.69, 9.17) is 9.05 Å². The third kappa shape index (κ3) is 38.8. The SMILES string of the molecule is CCCCC/C=C\C[C@H](O)/C=C/C=C\C/C=C\CCCC(=O)N[C@@H](COP(=O)(O)OCC[N+](C)(C)C)[C@H](O)/C=C/CCCCCCCCCCCCCCC. The summed E-state index contributed by atoms with van der Waals surface area (Å²) in [6, 6.07) is -0.896. The summed E-state index contributed by atoms with van der Waals surface area (Å²) in [5, 5.41) is 23.8. The van der Waals surface area contributed by atoms with Gasteiger partial charge in [-0.25, -0.2) is 4.57 Å². The fraction of sp³-hybridized carbons (Fsp3) is 0.756. The number of phosphoric acid groups is 1. The van der Waals surface area contributed by atoms with E-state index < -0.39 is 26.1 Å². The van der Waals surface area contributed by atoms with Gasteiger partial charge in [-0.05, 0) is 51.4 Å². The van der Waals surface area contributed by atoms with Crippen molar-refractivity contribution in [3.05, 3.63) is 60.8 Å². The number of carbonyl (C=O) groups is 1. The lowest BCUT2D eigenvalue weighted by molar-refractivity contribution is -0.870. The van der Waals surface area contributed by atoms with E-state index in [1.54, 1.807) is 12.2 Å². The van der Waals surface area contributed by atoms with Crippen molar-refractivity contribution in [1.29, 1.82) is 0 Å². The maximum atomic E-state index is 12.8. The minimum Gasteiger partial charge on any atom is -0.389 e.